The van der Waals surface area contributed by atoms with Gasteiger partial charge in [0.05, 0.1) is 16.1 Å². The summed E-state index contributed by atoms with van der Waals surface area (Å²) in [5.74, 6) is 0.583. The molecule has 0 aliphatic carbocycles. The van der Waals surface area contributed by atoms with Gasteiger partial charge in [0, 0.05) is 12.3 Å². The minimum atomic E-state index is -0.382. The highest BCUT2D eigenvalue weighted by molar-refractivity contribution is 8.13. The summed E-state index contributed by atoms with van der Waals surface area (Å²) in [7, 11) is 0. The number of carbonyl (C=O) groups excluding carboxylic acids is 1. The lowest BCUT2D eigenvalue weighted by Gasteiger charge is -2.30. The number of carbonyl (C=O) groups is 1. The fraction of sp³-hybridized carbons (Fsp3) is 0.263. The number of nitroso groups, excluding NO2 is 1. The van der Waals surface area contributed by atoms with Crippen LogP contribution in [0.2, 0.25) is 5.02 Å². The van der Waals surface area contributed by atoms with Gasteiger partial charge in [0.1, 0.15) is 5.69 Å². The second-order valence-electron chi connectivity index (χ2n) is 6.04. The molecule has 3 N–H and O–H groups in total. The highest BCUT2D eigenvalue weighted by atomic mass is 35.5. The van der Waals surface area contributed by atoms with Crippen LogP contribution in [0.15, 0.2) is 64.8 Å². The lowest BCUT2D eigenvalue weighted by molar-refractivity contribution is 0.0958. The summed E-state index contributed by atoms with van der Waals surface area (Å²) in [4.78, 5) is 27.2. The Hall–Kier alpha value is -2.38. The zero-order chi connectivity index (χ0) is 19.9. The van der Waals surface area contributed by atoms with Crippen molar-refractivity contribution in [2.75, 3.05) is 12.3 Å². The monoisotopic (exact) mass is 404 g/mol. The van der Waals surface area contributed by atoms with Gasteiger partial charge >= 0.3 is 0 Å². The molecule has 1 aliphatic rings. The van der Waals surface area contributed by atoms with E-state index in [0.717, 1.165) is 17.7 Å². The van der Waals surface area contributed by atoms with Gasteiger partial charge in [-0.3, -0.25) is 9.79 Å². The molecule has 1 unspecified atom stereocenters. The van der Waals surface area contributed by atoms with E-state index < -0.39 is 0 Å². The Balaban J connectivity index is 1.97. The van der Waals surface area contributed by atoms with Crippen LogP contribution in [0.3, 0.4) is 0 Å². The molecule has 0 spiro atoms. The maximum Gasteiger partial charge on any atom is 0.253 e. The standard InChI is InChI=1S/C19H21ClN4O2S/c1-3-13(19(2)9-11-27-18(21)23-19)6-4-5-10-22-17(25)15-8-7-14(24-26)12-16(15)20/h3-8,12H,1,9-11H2,2H3,(H2,21,23)(H,22,25)/b5-4-,13-6+. The van der Waals surface area contributed by atoms with E-state index in [1.54, 1.807) is 17.8 Å². The third kappa shape index (κ3) is 5.55. The first-order valence-electron chi connectivity index (χ1n) is 8.28. The predicted octanol–water partition coefficient (Wildman–Crippen LogP) is 4.35. The number of amides is 1. The van der Waals surface area contributed by atoms with E-state index in [-0.39, 0.29) is 27.7 Å². The highest BCUT2D eigenvalue weighted by Crippen LogP contribution is 2.32. The summed E-state index contributed by atoms with van der Waals surface area (Å²) >= 11 is 7.55. The van der Waals surface area contributed by atoms with Crippen LogP contribution in [-0.2, 0) is 0 Å². The molecule has 0 fully saturated rings. The number of rotatable bonds is 7. The minimum absolute atomic E-state index is 0.177. The first kappa shape index (κ1) is 20.9. The van der Waals surface area contributed by atoms with Gasteiger partial charge in [0.25, 0.3) is 5.91 Å². The van der Waals surface area contributed by atoms with Gasteiger partial charge in [-0.1, -0.05) is 54.2 Å². The third-order valence-electron chi connectivity index (χ3n) is 4.13. The lowest BCUT2D eigenvalue weighted by atomic mass is 9.89. The van der Waals surface area contributed by atoms with Gasteiger partial charge in [-0.15, -0.1) is 4.91 Å². The number of allylic oxidation sites excluding steroid dienone is 2. The van der Waals surface area contributed by atoms with Crippen molar-refractivity contribution in [3.8, 4) is 0 Å². The van der Waals surface area contributed by atoms with E-state index in [1.807, 2.05) is 25.2 Å². The molecule has 0 saturated carbocycles. The Morgan fingerprint density at radius 3 is 2.96 bits per heavy atom. The van der Waals surface area contributed by atoms with Crippen LogP contribution < -0.4 is 11.1 Å². The number of hydrogen-bond acceptors (Lipinski definition) is 6. The van der Waals surface area contributed by atoms with E-state index in [1.165, 1.54) is 18.2 Å². The first-order chi connectivity index (χ1) is 12.9. The number of amidine groups is 1. The van der Waals surface area contributed by atoms with Gasteiger partial charge in [-0.25, -0.2) is 0 Å². The van der Waals surface area contributed by atoms with E-state index >= 15 is 0 Å². The molecule has 6 nitrogen and oxygen atoms in total. The van der Waals surface area contributed by atoms with Gasteiger partial charge in [0.15, 0.2) is 5.17 Å². The molecular formula is C19H21ClN4O2S. The van der Waals surface area contributed by atoms with E-state index in [9.17, 15) is 9.70 Å². The van der Waals surface area contributed by atoms with Crippen molar-refractivity contribution in [3.63, 3.8) is 0 Å². The van der Waals surface area contributed by atoms with E-state index in [4.69, 9.17) is 17.3 Å². The largest absolute Gasteiger partial charge is 0.379 e. The Kier molecular flexibility index (Phi) is 7.38. The quantitative estimate of drug-likeness (QED) is 0.521. The summed E-state index contributed by atoms with van der Waals surface area (Å²) < 4.78 is 0. The molecule has 1 amide bonds. The zero-order valence-electron chi connectivity index (χ0n) is 14.9. The molecule has 2 rings (SSSR count). The van der Waals surface area contributed by atoms with Crippen molar-refractivity contribution < 1.29 is 4.79 Å². The average molecular weight is 405 g/mol. The van der Waals surface area contributed by atoms with Gasteiger partial charge in [0.2, 0.25) is 0 Å². The second-order valence-corrected chi connectivity index (χ2v) is 7.56. The lowest BCUT2D eigenvalue weighted by Crippen LogP contribution is -2.32. The van der Waals surface area contributed by atoms with Crippen molar-refractivity contribution in [2.24, 2.45) is 15.9 Å². The third-order valence-corrected chi connectivity index (χ3v) is 5.24. The summed E-state index contributed by atoms with van der Waals surface area (Å²) in [6.45, 7) is 6.22. The molecule has 1 atom stereocenters. The number of hydrogen-bond donors (Lipinski definition) is 2. The normalized spacial score (nSPS) is 20.2. The molecule has 0 saturated heterocycles. The zero-order valence-corrected chi connectivity index (χ0v) is 16.5. The fourth-order valence-electron chi connectivity index (χ4n) is 2.59. The van der Waals surface area contributed by atoms with Crippen LogP contribution in [0.5, 0.6) is 0 Å². The van der Waals surface area contributed by atoms with Crippen molar-refractivity contribution in [3.05, 3.63) is 70.1 Å². The minimum Gasteiger partial charge on any atom is -0.379 e. The predicted molar refractivity (Wildman–Crippen MR) is 114 cm³/mol. The Morgan fingerprint density at radius 2 is 2.33 bits per heavy atom. The number of nitrogens with zero attached hydrogens (tertiary/aromatic N) is 2. The summed E-state index contributed by atoms with van der Waals surface area (Å²) in [6, 6.07) is 4.27. The topological polar surface area (TPSA) is 96.9 Å². The number of halogens is 1. The maximum atomic E-state index is 12.1. The highest BCUT2D eigenvalue weighted by Gasteiger charge is 2.29. The molecule has 8 heteroatoms. The second kappa shape index (κ2) is 9.53. The molecule has 0 bridgehead atoms. The molecule has 1 aromatic carbocycles. The molecular weight excluding hydrogens is 384 g/mol. The number of thioether (sulfide) groups is 1. The van der Waals surface area contributed by atoms with Crippen LogP contribution in [0.4, 0.5) is 5.69 Å². The van der Waals surface area contributed by atoms with Crippen LogP contribution in [-0.4, -0.2) is 28.9 Å². The number of benzene rings is 1. The van der Waals surface area contributed by atoms with Crippen LogP contribution in [0.1, 0.15) is 23.7 Å². The Labute approximate surface area is 167 Å². The average Bonchev–Trinajstić information content (AvgIpc) is 2.63. The Bertz CT molecular complexity index is 835. The number of nitrogens with one attached hydrogen (secondary N) is 1. The van der Waals surface area contributed by atoms with Gasteiger partial charge in [-0.05, 0) is 42.3 Å². The van der Waals surface area contributed by atoms with Crippen molar-refractivity contribution >= 4 is 40.1 Å². The van der Waals surface area contributed by atoms with Crippen LogP contribution >= 0.6 is 23.4 Å². The first-order valence-corrected chi connectivity index (χ1v) is 9.65. The molecule has 142 valence electrons. The number of nitrogens with two attached hydrogens (primary N) is 1. The molecule has 27 heavy (non-hydrogen) atoms. The summed E-state index contributed by atoms with van der Waals surface area (Å²) in [5, 5.41) is 6.29. The smallest absolute Gasteiger partial charge is 0.253 e. The molecule has 0 aromatic heterocycles. The molecule has 0 radical (unpaired) electrons. The van der Waals surface area contributed by atoms with E-state index in [2.05, 4.69) is 22.1 Å². The van der Waals surface area contributed by atoms with Crippen molar-refractivity contribution in [1.29, 1.82) is 0 Å². The molecule has 1 aromatic rings. The SMILES string of the molecule is C=C/C(=C\C=C/CNC(=O)c1ccc(N=O)cc1Cl)C1(C)CCSC(N)=N1. The van der Waals surface area contributed by atoms with Crippen LogP contribution in [0.25, 0.3) is 0 Å². The van der Waals surface area contributed by atoms with Gasteiger partial charge < -0.3 is 11.1 Å². The summed E-state index contributed by atoms with van der Waals surface area (Å²) in [6.07, 6.45) is 8.23. The van der Waals surface area contributed by atoms with Gasteiger partial charge in [-0.2, -0.15) is 0 Å². The molecule has 1 heterocycles. The maximum absolute atomic E-state index is 12.1. The van der Waals surface area contributed by atoms with E-state index in [0.29, 0.717) is 11.7 Å². The van der Waals surface area contributed by atoms with Crippen molar-refractivity contribution in [2.45, 2.75) is 18.9 Å². The summed E-state index contributed by atoms with van der Waals surface area (Å²) in [5.41, 5.74) is 6.90. The fourth-order valence-corrected chi connectivity index (χ4v) is 3.83. The number of aliphatic imine (C=N–C) groups is 1. The van der Waals surface area contributed by atoms with Crippen LogP contribution in [0, 0.1) is 4.91 Å². The molecule has 1 aliphatic heterocycles. The van der Waals surface area contributed by atoms with Crippen molar-refractivity contribution in [1.82, 2.24) is 5.32 Å². The Morgan fingerprint density at radius 1 is 1.56 bits per heavy atom.